The van der Waals surface area contributed by atoms with Crippen LogP contribution in [0.5, 0.6) is 0 Å². The number of rotatable bonds is 3. The van der Waals surface area contributed by atoms with Crippen LogP contribution >= 0.6 is 15.9 Å². The minimum atomic E-state index is 0.399. The third-order valence-electron chi connectivity index (χ3n) is 3.86. The second-order valence-electron chi connectivity index (χ2n) is 5.14. The molecule has 0 spiro atoms. The van der Waals surface area contributed by atoms with E-state index in [0.29, 0.717) is 10.7 Å². The summed E-state index contributed by atoms with van der Waals surface area (Å²) in [6, 6.07) is 14.7. The maximum atomic E-state index is 5.86. The fraction of sp³-hybridized carbons (Fsp3) is 0.294. The van der Waals surface area contributed by atoms with E-state index in [4.69, 9.17) is 4.42 Å². The van der Waals surface area contributed by atoms with Crippen molar-refractivity contribution < 1.29 is 4.42 Å². The molecule has 3 rings (SSSR count). The Bertz CT molecular complexity index is 713. The molecule has 1 nitrogen and oxygen atoms in total. The highest BCUT2D eigenvalue weighted by molar-refractivity contribution is 9.09. The lowest BCUT2D eigenvalue weighted by molar-refractivity contribution is 0.556. The van der Waals surface area contributed by atoms with Gasteiger partial charge in [-0.15, -0.1) is 0 Å². The first kappa shape index (κ1) is 12.7. The van der Waals surface area contributed by atoms with Crippen LogP contribution in [0, 0.1) is 5.92 Å². The van der Waals surface area contributed by atoms with Gasteiger partial charge in [0.25, 0.3) is 0 Å². The minimum absolute atomic E-state index is 0.399. The molecule has 0 fully saturated rings. The first-order chi connectivity index (χ1) is 9.20. The Balaban J connectivity index is 2.16. The number of halogens is 1. The zero-order valence-corrected chi connectivity index (χ0v) is 12.8. The van der Waals surface area contributed by atoms with Crippen molar-refractivity contribution in [1.29, 1.82) is 0 Å². The topological polar surface area (TPSA) is 13.1 Å². The summed E-state index contributed by atoms with van der Waals surface area (Å²) in [5.41, 5.74) is 3.26. The lowest BCUT2D eigenvalue weighted by atomic mass is 9.97. The molecule has 1 heterocycles. The van der Waals surface area contributed by atoms with E-state index >= 15 is 0 Å². The Kier molecular flexibility index (Phi) is 3.36. The average Bonchev–Trinajstić information content (AvgIpc) is 2.83. The fourth-order valence-corrected chi connectivity index (χ4v) is 3.11. The van der Waals surface area contributed by atoms with Crippen molar-refractivity contribution >= 4 is 37.9 Å². The summed E-state index contributed by atoms with van der Waals surface area (Å²) in [6.45, 7) is 4.50. The van der Waals surface area contributed by atoms with Crippen LogP contribution in [0.2, 0.25) is 0 Å². The van der Waals surface area contributed by atoms with Gasteiger partial charge < -0.3 is 4.42 Å². The summed E-state index contributed by atoms with van der Waals surface area (Å²) < 4.78 is 5.86. The van der Waals surface area contributed by atoms with E-state index in [0.717, 1.165) is 11.2 Å². The first-order valence-corrected chi connectivity index (χ1v) is 7.67. The summed E-state index contributed by atoms with van der Waals surface area (Å²) in [5, 5.41) is 2.41. The standard InChI is InChI=1S/C17H17BrO/c1-3-11(2)17(18)12-8-9-16-14(10-12)13-6-4-5-7-15(13)19-16/h4-11,17H,3H2,1-2H3. The number of alkyl halides is 1. The molecular weight excluding hydrogens is 300 g/mol. The van der Waals surface area contributed by atoms with Gasteiger partial charge >= 0.3 is 0 Å². The molecule has 0 saturated carbocycles. The van der Waals surface area contributed by atoms with Gasteiger partial charge in [-0.1, -0.05) is 60.5 Å². The minimum Gasteiger partial charge on any atom is -0.456 e. The van der Waals surface area contributed by atoms with Crippen LogP contribution in [-0.4, -0.2) is 0 Å². The Labute approximate surface area is 121 Å². The molecule has 0 aliphatic rings. The molecule has 2 aromatic carbocycles. The molecule has 3 aromatic rings. The van der Waals surface area contributed by atoms with Gasteiger partial charge in [0.15, 0.2) is 0 Å². The molecule has 2 atom stereocenters. The monoisotopic (exact) mass is 316 g/mol. The summed E-state index contributed by atoms with van der Waals surface area (Å²) >= 11 is 3.82. The number of furan rings is 1. The molecule has 0 aliphatic carbocycles. The lowest BCUT2D eigenvalue weighted by Crippen LogP contribution is -2.01. The molecule has 2 heteroatoms. The summed E-state index contributed by atoms with van der Waals surface area (Å²) in [5.74, 6) is 0.621. The molecule has 0 N–H and O–H groups in total. The van der Waals surface area contributed by atoms with Gasteiger partial charge in [-0.25, -0.2) is 0 Å². The van der Waals surface area contributed by atoms with E-state index in [-0.39, 0.29) is 0 Å². The van der Waals surface area contributed by atoms with E-state index in [2.05, 4.69) is 60.1 Å². The van der Waals surface area contributed by atoms with Gasteiger partial charge in [-0.2, -0.15) is 0 Å². The van der Waals surface area contributed by atoms with Crippen LogP contribution in [0.3, 0.4) is 0 Å². The molecule has 0 amide bonds. The van der Waals surface area contributed by atoms with Crippen molar-refractivity contribution in [2.75, 3.05) is 0 Å². The highest BCUT2D eigenvalue weighted by Gasteiger charge is 2.16. The molecule has 0 aliphatic heterocycles. The van der Waals surface area contributed by atoms with E-state index in [1.807, 2.05) is 12.1 Å². The molecule has 0 saturated heterocycles. The van der Waals surface area contributed by atoms with Gasteiger partial charge in [-0.3, -0.25) is 0 Å². The van der Waals surface area contributed by atoms with Gasteiger partial charge in [0.05, 0.1) is 0 Å². The predicted octanol–water partition coefficient (Wildman–Crippen LogP) is 6.07. The third-order valence-corrected chi connectivity index (χ3v) is 5.29. The van der Waals surface area contributed by atoms with Crippen LogP contribution in [0.1, 0.15) is 30.7 Å². The van der Waals surface area contributed by atoms with Crippen LogP contribution in [0.4, 0.5) is 0 Å². The second-order valence-corrected chi connectivity index (χ2v) is 6.13. The van der Waals surface area contributed by atoms with Gasteiger partial charge in [0.1, 0.15) is 11.2 Å². The largest absolute Gasteiger partial charge is 0.456 e. The van der Waals surface area contributed by atoms with E-state index in [1.165, 1.54) is 22.8 Å². The molecular formula is C17H17BrO. The smallest absolute Gasteiger partial charge is 0.135 e. The fourth-order valence-electron chi connectivity index (χ4n) is 2.45. The van der Waals surface area contributed by atoms with Crippen molar-refractivity contribution in [3.8, 4) is 0 Å². The molecule has 0 radical (unpaired) electrons. The van der Waals surface area contributed by atoms with Gasteiger partial charge in [0, 0.05) is 15.6 Å². The quantitative estimate of drug-likeness (QED) is 0.534. The maximum Gasteiger partial charge on any atom is 0.135 e. The summed E-state index contributed by atoms with van der Waals surface area (Å²) in [6.07, 6.45) is 1.17. The number of hydrogen-bond acceptors (Lipinski definition) is 1. The van der Waals surface area contributed by atoms with Crippen LogP contribution in [0.25, 0.3) is 21.9 Å². The lowest BCUT2D eigenvalue weighted by Gasteiger charge is -2.16. The van der Waals surface area contributed by atoms with E-state index in [1.54, 1.807) is 0 Å². The SMILES string of the molecule is CCC(C)C(Br)c1ccc2oc3ccccc3c2c1. The Morgan fingerprint density at radius 1 is 1.05 bits per heavy atom. The van der Waals surface area contributed by atoms with Crippen LogP contribution in [0.15, 0.2) is 46.9 Å². The molecule has 98 valence electrons. The maximum absolute atomic E-state index is 5.86. The number of fused-ring (bicyclic) bond motifs is 3. The van der Waals surface area contributed by atoms with Crippen molar-refractivity contribution in [2.45, 2.75) is 25.1 Å². The van der Waals surface area contributed by atoms with Crippen molar-refractivity contribution in [2.24, 2.45) is 5.92 Å². The van der Waals surface area contributed by atoms with Gasteiger partial charge in [0.2, 0.25) is 0 Å². The van der Waals surface area contributed by atoms with Crippen molar-refractivity contribution in [3.05, 3.63) is 48.0 Å². The molecule has 2 unspecified atom stereocenters. The number of hydrogen-bond donors (Lipinski definition) is 0. The average molecular weight is 317 g/mol. The Morgan fingerprint density at radius 2 is 1.79 bits per heavy atom. The van der Waals surface area contributed by atoms with Crippen LogP contribution < -0.4 is 0 Å². The van der Waals surface area contributed by atoms with Gasteiger partial charge in [-0.05, 0) is 29.7 Å². The zero-order valence-electron chi connectivity index (χ0n) is 11.2. The summed E-state index contributed by atoms with van der Waals surface area (Å²) in [4.78, 5) is 0.399. The third kappa shape index (κ3) is 2.18. The molecule has 19 heavy (non-hydrogen) atoms. The highest BCUT2D eigenvalue weighted by Crippen LogP contribution is 2.36. The Hall–Kier alpha value is -1.28. The zero-order chi connectivity index (χ0) is 13.4. The number of para-hydroxylation sites is 1. The molecule has 1 aromatic heterocycles. The van der Waals surface area contributed by atoms with E-state index < -0.39 is 0 Å². The first-order valence-electron chi connectivity index (χ1n) is 6.76. The normalized spacial score (nSPS) is 14.9. The summed E-state index contributed by atoms with van der Waals surface area (Å²) in [7, 11) is 0. The predicted molar refractivity (Wildman–Crippen MR) is 84.8 cm³/mol. The Morgan fingerprint density at radius 3 is 2.58 bits per heavy atom. The van der Waals surface area contributed by atoms with Crippen molar-refractivity contribution in [1.82, 2.24) is 0 Å². The van der Waals surface area contributed by atoms with Crippen LogP contribution in [-0.2, 0) is 0 Å². The second kappa shape index (κ2) is 5.01. The number of benzene rings is 2. The highest BCUT2D eigenvalue weighted by atomic mass is 79.9. The molecule has 0 bridgehead atoms. The van der Waals surface area contributed by atoms with Crippen molar-refractivity contribution in [3.63, 3.8) is 0 Å². The van der Waals surface area contributed by atoms with E-state index in [9.17, 15) is 0 Å².